The van der Waals surface area contributed by atoms with Crippen LogP contribution in [0.1, 0.15) is 18.5 Å². The molecule has 23 heavy (non-hydrogen) atoms. The number of anilines is 1. The Balaban J connectivity index is 1.73. The van der Waals surface area contributed by atoms with Gasteiger partial charge in [-0.15, -0.1) is 0 Å². The first-order valence-electron chi connectivity index (χ1n) is 7.79. The zero-order chi connectivity index (χ0) is 16.3. The summed E-state index contributed by atoms with van der Waals surface area (Å²) in [5, 5.41) is 8.41. The third-order valence-corrected chi connectivity index (χ3v) is 6.67. The molecule has 0 N–H and O–H groups in total. The van der Waals surface area contributed by atoms with Gasteiger partial charge in [-0.05, 0) is 25.0 Å². The Morgan fingerprint density at radius 1 is 1.26 bits per heavy atom. The molecule has 1 atom stereocenters. The summed E-state index contributed by atoms with van der Waals surface area (Å²) in [5.74, 6) is 0. The number of ether oxygens (including phenoxy) is 1. The molecular formula is C15H20N4O3S. The van der Waals surface area contributed by atoms with Gasteiger partial charge >= 0.3 is 0 Å². The lowest BCUT2D eigenvalue weighted by Gasteiger charge is -2.37. The number of nitrogens with zero attached hydrogens (tertiary/aromatic N) is 4. The first-order valence-corrected chi connectivity index (χ1v) is 9.29. The number of sulfonamides is 1. The topological polar surface area (TPSA) is 86.5 Å². The summed E-state index contributed by atoms with van der Waals surface area (Å²) >= 11 is 0. The van der Waals surface area contributed by atoms with E-state index in [2.05, 4.69) is 4.98 Å². The minimum atomic E-state index is -3.30. The van der Waals surface area contributed by atoms with Crippen molar-refractivity contribution in [2.75, 3.05) is 44.3 Å². The van der Waals surface area contributed by atoms with E-state index in [1.165, 1.54) is 0 Å². The smallest absolute Gasteiger partial charge is 0.218 e. The summed E-state index contributed by atoms with van der Waals surface area (Å²) in [6.45, 7) is 3.09. The molecule has 2 aliphatic heterocycles. The number of hydrogen-bond acceptors (Lipinski definition) is 6. The summed E-state index contributed by atoms with van der Waals surface area (Å²) in [7, 11) is -3.30. The molecule has 7 nitrogen and oxygen atoms in total. The Labute approximate surface area is 136 Å². The molecule has 0 unspecified atom stereocenters. The van der Waals surface area contributed by atoms with E-state index >= 15 is 0 Å². The third kappa shape index (κ3) is 3.47. The van der Waals surface area contributed by atoms with Crippen molar-refractivity contribution in [1.29, 1.82) is 5.26 Å². The van der Waals surface area contributed by atoms with Crippen LogP contribution < -0.4 is 4.90 Å². The molecule has 0 aliphatic carbocycles. The monoisotopic (exact) mass is 336 g/mol. The molecule has 0 spiro atoms. The molecule has 2 aliphatic rings. The fourth-order valence-corrected chi connectivity index (χ4v) is 4.98. The molecule has 1 aromatic heterocycles. The lowest BCUT2D eigenvalue weighted by atomic mass is 10.1. The van der Waals surface area contributed by atoms with E-state index in [0.29, 0.717) is 45.0 Å². The maximum atomic E-state index is 12.8. The van der Waals surface area contributed by atoms with Gasteiger partial charge in [0.25, 0.3) is 0 Å². The molecule has 0 bridgehead atoms. The Kier molecular flexibility index (Phi) is 4.80. The van der Waals surface area contributed by atoms with E-state index in [1.54, 1.807) is 16.6 Å². The number of aromatic nitrogens is 1. The van der Waals surface area contributed by atoms with Crippen molar-refractivity contribution < 1.29 is 13.2 Å². The van der Waals surface area contributed by atoms with Crippen LogP contribution in [0.3, 0.4) is 0 Å². The number of nitriles is 1. The number of morpholine rings is 1. The van der Waals surface area contributed by atoms with E-state index in [0.717, 1.165) is 18.7 Å². The van der Waals surface area contributed by atoms with Gasteiger partial charge in [-0.2, -0.15) is 9.57 Å². The van der Waals surface area contributed by atoms with E-state index < -0.39 is 15.3 Å². The van der Waals surface area contributed by atoms with E-state index in [1.807, 2.05) is 17.0 Å². The van der Waals surface area contributed by atoms with Crippen molar-refractivity contribution in [2.24, 2.45) is 0 Å². The lowest BCUT2D eigenvalue weighted by molar-refractivity contribution is 0.0725. The Hall–Kier alpha value is -1.69. The molecule has 0 aromatic carbocycles. The van der Waals surface area contributed by atoms with Crippen LogP contribution in [0.15, 0.2) is 18.3 Å². The highest BCUT2D eigenvalue weighted by Crippen LogP contribution is 2.25. The van der Waals surface area contributed by atoms with Gasteiger partial charge in [0.1, 0.15) is 11.8 Å². The van der Waals surface area contributed by atoms with Crippen molar-refractivity contribution in [2.45, 2.75) is 18.1 Å². The maximum Gasteiger partial charge on any atom is 0.218 e. The Morgan fingerprint density at radius 3 is 2.70 bits per heavy atom. The van der Waals surface area contributed by atoms with Gasteiger partial charge < -0.3 is 9.64 Å². The predicted molar refractivity (Wildman–Crippen MR) is 85.5 cm³/mol. The average molecular weight is 336 g/mol. The summed E-state index contributed by atoms with van der Waals surface area (Å²) in [5.41, 5.74) is 1.23. The van der Waals surface area contributed by atoms with E-state index in [-0.39, 0.29) is 0 Å². The molecule has 2 saturated heterocycles. The van der Waals surface area contributed by atoms with Gasteiger partial charge in [-0.1, -0.05) is 0 Å². The van der Waals surface area contributed by atoms with E-state index in [9.17, 15) is 8.42 Å². The fraction of sp³-hybridized carbons (Fsp3) is 0.600. The van der Waals surface area contributed by atoms with Crippen molar-refractivity contribution in [3.8, 4) is 6.07 Å². The van der Waals surface area contributed by atoms with Crippen LogP contribution in [0, 0.1) is 11.3 Å². The number of pyridine rings is 1. The first kappa shape index (κ1) is 16.2. The molecule has 8 heteroatoms. The number of piperidine rings is 1. The lowest BCUT2D eigenvalue weighted by Crippen LogP contribution is -2.50. The molecule has 1 aromatic rings. The largest absolute Gasteiger partial charge is 0.379 e. The molecule has 0 saturated carbocycles. The molecule has 3 rings (SSSR count). The van der Waals surface area contributed by atoms with Crippen LogP contribution in [0.2, 0.25) is 0 Å². The highest BCUT2D eigenvalue weighted by atomic mass is 32.2. The molecule has 0 radical (unpaired) electrons. The van der Waals surface area contributed by atoms with Gasteiger partial charge in [0.2, 0.25) is 10.0 Å². The van der Waals surface area contributed by atoms with Crippen LogP contribution in [-0.4, -0.2) is 62.3 Å². The van der Waals surface area contributed by atoms with Gasteiger partial charge in [0.15, 0.2) is 0 Å². The van der Waals surface area contributed by atoms with Crippen molar-refractivity contribution in [3.05, 3.63) is 24.0 Å². The van der Waals surface area contributed by atoms with Crippen molar-refractivity contribution >= 4 is 15.7 Å². The summed E-state index contributed by atoms with van der Waals surface area (Å²) < 4.78 is 32.4. The second-order valence-corrected chi connectivity index (χ2v) is 7.99. The Morgan fingerprint density at radius 2 is 2.04 bits per heavy atom. The standard InChI is InChI=1S/C15H20N4O3S/c16-10-13-3-4-14(11-17-13)18-5-1-2-15(12-18)23(20,21)19-6-8-22-9-7-19/h3-4,11,15H,1-2,5-9,12H2/t15-/m1/s1. The minimum absolute atomic E-state index is 0.364. The van der Waals surface area contributed by atoms with Crippen LogP contribution in [0.4, 0.5) is 5.69 Å². The molecule has 3 heterocycles. The summed E-state index contributed by atoms with van der Waals surface area (Å²) in [4.78, 5) is 6.11. The van der Waals surface area contributed by atoms with Crippen LogP contribution in [-0.2, 0) is 14.8 Å². The summed E-state index contributed by atoms with van der Waals surface area (Å²) in [6, 6.07) is 5.48. The number of hydrogen-bond donors (Lipinski definition) is 0. The van der Waals surface area contributed by atoms with Crippen LogP contribution in [0.5, 0.6) is 0 Å². The number of rotatable bonds is 3. The second-order valence-electron chi connectivity index (χ2n) is 5.78. The van der Waals surface area contributed by atoms with Crippen molar-refractivity contribution in [1.82, 2.24) is 9.29 Å². The fourth-order valence-electron chi connectivity index (χ4n) is 3.07. The molecule has 0 amide bonds. The van der Waals surface area contributed by atoms with Gasteiger partial charge in [-0.3, -0.25) is 0 Å². The zero-order valence-corrected chi connectivity index (χ0v) is 13.7. The predicted octanol–water partition coefficient (Wildman–Crippen LogP) is 0.584. The SMILES string of the molecule is N#Cc1ccc(N2CCC[C@@H](S(=O)(=O)N3CCOCC3)C2)cn1. The molecule has 2 fully saturated rings. The normalized spacial score (nSPS) is 23.4. The van der Waals surface area contributed by atoms with Gasteiger partial charge in [0.05, 0.1) is 30.3 Å². The third-order valence-electron chi connectivity index (χ3n) is 4.36. The average Bonchev–Trinajstić information content (AvgIpc) is 2.62. The van der Waals surface area contributed by atoms with Crippen LogP contribution >= 0.6 is 0 Å². The molecule has 124 valence electrons. The zero-order valence-electron chi connectivity index (χ0n) is 12.9. The highest BCUT2D eigenvalue weighted by molar-refractivity contribution is 7.89. The first-order chi connectivity index (χ1) is 11.1. The van der Waals surface area contributed by atoms with Gasteiger partial charge in [0, 0.05) is 26.2 Å². The highest BCUT2D eigenvalue weighted by Gasteiger charge is 2.36. The minimum Gasteiger partial charge on any atom is -0.379 e. The van der Waals surface area contributed by atoms with E-state index in [4.69, 9.17) is 10.00 Å². The summed E-state index contributed by atoms with van der Waals surface area (Å²) in [6.07, 6.45) is 3.15. The quantitative estimate of drug-likeness (QED) is 0.803. The Bertz CT molecular complexity index is 678. The maximum absolute atomic E-state index is 12.8. The second kappa shape index (κ2) is 6.83. The van der Waals surface area contributed by atoms with Crippen molar-refractivity contribution in [3.63, 3.8) is 0 Å². The van der Waals surface area contributed by atoms with Gasteiger partial charge in [-0.25, -0.2) is 13.4 Å². The van der Waals surface area contributed by atoms with Crippen LogP contribution in [0.25, 0.3) is 0 Å². The molecular weight excluding hydrogens is 316 g/mol.